The van der Waals surface area contributed by atoms with Gasteiger partial charge in [-0.25, -0.2) is 0 Å². The Labute approximate surface area is 122 Å². The Bertz CT molecular complexity index is 569. The molecule has 3 nitrogen and oxygen atoms in total. The Morgan fingerprint density at radius 1 is 1.16 bits per heavy atom. The van der Waals surface area contributed by atoms with E-state index in [9.17, 15) is 0 Å². The van der Waals surface area contributed by atoms with Crippen LogP contribution in [0.1, 0.15) is 9.75 Å². The van der Waals surface area contributed by atoms with Crippen molar-refractivity contribution in [2.24, 2.45) is 0 Å². The Morgan fingerprint density at radius 3 is 2.47 bits per heavy atom. The molecule has 0 fully saturated rings. The second kappa shape index (κ2) is 6.17. The van der Waals surface area contributed by atoms with Crippen molar-refractivity contribution in [1.29, 1.82) is 0 Å². The van der Waals surface area contributed by atoms with Crippen LogP contribution in [0.3, 0.4) is 0 Å². The Hall–Kier alpha value is -1.39. The smallest absolute Gasteiger partial charge is 0.143 e. The Kier molecular flexibility index (Phi) is 4.56. The van der Waals surface area contributed by atoms with Crippen molar-refractivity contribution in [1.82, 2.24) is 0 Å². The number of hydrogen-bond acceptors (Lipinski definition) is 4. The van der Waals surface area contributed by atoms with Crippen LogP contribution in [0.25, 0.3) is 0 Å². The summed E-state index contributed by atoms with van der Waals surface area (Å²) in [7, 11) is 3.22. The van der Waals surface area contributed by atoms with E-state index in [0.717, 1.165) is 12.2 Å². The summed E-state index contributed by atoms with van der Waals surface area (Å²) >= 11 is 7.84. The highest BCUT2D eigenvalue weighted by Gasteiger charge is 2.09. The van der Waals surface area contributed by atoms with Gasteiger partial charge in [0.1, 0.15) is 11.5 Å². The number of halogens is 1. The van der Waals surface area contributed by atoms with Crippen LogP contribution in [0.5, 0.6) is 11.5 Å². The van der Waals surface area contributed by atoms with E-state index in [1.165, 1.54) is 9.75 Å². The molecule has 19 heavy (non-hydrogen) atoms. The molecule has 1 heterocycles. The molecule has 0 aliphatic carbocycles. The average molecular weight is 298 g/mol. The summed E-state index contributed by atoms with van der Waals surface area (Å²) < 4.78 is 10.5. The number of nitrogens with one attached hydrogen (secondary N) is 1. The number of ether oxygens (including phenoxy) is 2. The fourth-order valence-electron chi connectivity index (χ4n) is 1.76. The molecule has 1 aromatic carbocycles. The predicted molar refractivity (Wildman–Crippen MR) is 80.9 cm³/mol. The number of anilines is 1. The summed E-state index contributed by atoms with van der Waals surface area (Å²) in [6.07, 6.45) is 0. The van der Waals surface area contributed by atoms with Gasteiger partial charge < -0.3 is 14.8 Å². The van der Waals surface area contributed by atoms with Gasteiger partial charge in [-0.1, -0.05) is 11.6 Å². The SMILES string of the molecule is COc1cc(NCc2ccc(C)s2)c(OC)cc1Cl. The van der Waals surface area contributed by atoms with Crippen LogP contribution in [-0.2, 0) is 6.54 Å². The number of methoxy groups -OCH3 is 2. The molecule has 0 aliphatic rings. The van der Waals surface area contributed by atoms with Crippen LogP contribution in [0.2, 0.25) is 5.02 Å². The minimum absolute atomic E-state index is 0.539. The van der Waals surface area contributed by atoms with Crippen molar-refractivity contribution in [2.45, 2.75) is 13.5 Å². The maximum atomic E-state index is 6.07. The third-order valence-electron chi connectivity index (χ3n) is 2.72. The molecule has 0 amide bonds. The van der Waals surface area contributed by atoms with Crippen LogP contribution in [0.4, 0.5) is 5.69 Å². The van der Waals surface area contributed by atoms with E-state index in [4.69, 9.17) is 21.1 Å². The van der Waals surface area contributed by atoms with Crippen LogP contribution >= 0.6 is 22.9 Å². The van der Waals surface area contributed by atoms with E-state index in [0.29, 0.717) is 16.5 Å². The molecular formula is C14H16ClNO2S. The zero-order valence-corrected chi connectivity index (χ0v) is 12.7. The van der Waals surface area contributed by atoms with Gasteiger partial charge in [-0.3, -0.25) is 0 Å². The highest BCUT2D eigenvalue weighted by atomic mass is 35.5. The number of hydrogen-bond donors (Lipinski definition) is 1. The van der Waals surface area contributed by atoms with E-state index in [1.54, 1.807) is 31.6 Å². The van der Waals surface area contributed by atoms with E-state index < -0.39 is 0 Å². The quantitative estimate of drug-likeness (QED) is 0.890. The van der Waals surface area contributed by atoms with Crippen molar-refractivity contribution >= 4 is 28.6 Å². The van der Waals surface area contributed by atoms with Gasteiger partial charge in [-0.15, -0.1) is 11.3 Å². The van der Waals surface area contributed by atoms with Gasteiger partial charge >= 0.3 is 0 Å². The van der Waals surface area contributed by atoms with E-state index in [2.05, 4.69) is 24.4 Å². The Morgan fingerprint density at radius 2 is 1.89 bits per heavy atom. The molecule has 0 saturated carbocycles. The van der Waals surface area contributed by atoms with Crippen LogP contribution in [0.15, 0.2) is 24.3 Å². The van der Waals surface area contributed by atoms with Crippen molar-refractivity contribution in [2.75, 3.05) is 19.5 Å². The molecule has 0 aliphatic heterocycles. The summed E-state index contributed by atoms with van der Waals surface area (Å²) in [6.45, 7) is 2.85. The molecule has 0 spiro atoms. The predicted octanol–water partition coefficient (Wildman–Crippen LogP) is 4.34. The molecule has 1 aromatic heterocycles. The molecule has 2 rings (SSSR count). The van der Waals surface area contributed by atoms with Crippen LogP contribution in [-0.4, -0.2) is 14.2 Å². The summed E-state index contributed by atoms with van der Waals surface area (Å²) in [6, 6.07) is 7.83. The molecule has 0 unspecified atom stereocenters. The average Bonchev–Trinajstić information content (AvgIpc) is 2.82. The topological polar surface area (TPSA) is 30.5 Å². The zero-order valence-electron chi connectivity index (χ0n) is 11.1. The molecule has 2 aromatic rings. The fraction of sp³-hybridized carbons (Fsp3) is 0.286. The first-order valence-electron chi connectivity index (χ1n) is 5.84. The molecular weight excluding hydrogens is 282 g/mol. The number of rotatable bonds is 5. The van der Waals surface area contributed by atoms with Crippen molar-refractivity contribution < 1.29 is 9.47 Å². The van der Waals surface area contributed by atoms with E-state index in [-0.39, 0.29) is 0 Å². The third-order valence-corrected chi connectivity index (χ3v) is 4.02. The first kappa shape index (κ1) is 14.0. The number of thiophene rings is 1. The largest absolute Gasteiger partial charge is 0.495 e. The maximum absolute atomic E-state index is 6.07. The van der Waals surface area contributed by atoms with Gasteiger partial charge in [-0.2, -0.15) is 0 Å². The molecule has 0 saturated heterocycles. The summed E-state index contributed by atoms with van der Waals surface area (Å²) in [4.78, 5) is 2.57. The van der Waals surface area contributed by atoms with Crippen LogP contribution in [0, 0.1) is 6.92 Å². The standard InChI is InChI=1S/C14H16ClNO2S/c1-9-4-5-10(19-9)8-16-12-7-13(17-2)11(15)6-14(12)18-3/h4-7,16H,8H2,1-3H3. The lowest BCUT2D eigenvalue weighted by Gasteiger charge is -2.13. The van der Waals surface area contributed by atoms with Crippen molar-refractivity contribution in [3.8, 4) is 11.5 Å². The molecule has 0 bridgehead atoms. The summed E-state index contributed by atoms with van der Waals surface area (Å²) in [5.41, 5.74) is 0.870. The highest BCUT2D eigenvalue weighted by molar-refractivity contribution is 7.11. The normalized spacial score (nSPS) is 10.3. The minimum atomic E-state index is 0.539. The molecule has 0 atom stereocenters. The first-order chi connectivity index (χ1) is 9.13. The van der Waals surface area contributed by atoms with E-state index >= 15 is 0 Å². The second-order valence-corrected chi connectivity index (χ2v) is 5.83. The fourth-order valence-corrected chi connectivity index (χ4v) is 2.82. The van der Waals surface area contributed by atoms with Crippen molar-refractivity contribution in [3.05, 3.63) is 39.0 Å². The van der Waals surface area contributed by atoms with Gasteiger partial charge in [-0.05, 0) is 19.1 Å². The minimum Gasteiger partial charge on any atom is -0.495 e. The van der Waals surface area contributed by atoms with Gasteiger partial charge in [0.05, 0.1) is 24.9 Å². The number of benzene rings is 1. The second-order valence-electron chi connectivity index (χ2n) is 4.05. The first-order valence-corrected chi connectivity index (χ1v) is 7.04. The van der Waals surface area contributed by atoms with Gasteiger partial charge in [0, 0.05) is 28.4 Å². The van der Waals surface area contributed by atoms with E-state index in [1.807, 2.05) is 6.07 Å². The lowest BCUT2D eigenvalue weighted by Crippen LogP contribution is -2.00. The lowest BCUT2D eigenvalue weighted by molar-refractivity contribution is 0.404. The van der Waals surface area contributed by atoms with Gasteiger partial charge in [0.2, 0.25) is 0 Å². The van der Waals surface area contributed by atoms with Gasteiger partial charge in [0.25, 0.3) is 0 Å². The maximum Gasteiger partial charge on any atom is 0.143 e. The third kappa shape index (κ3) is 3.33. The molecule has 5 heteroatoms. The van der Waals surface area contributed by atoms with Gasteiger partial charge in [0.15, 0.2) is 0 Å². The lowest BCUT2D eigenvalue weighted by atomic mass is 10.2. The van der Waals surface area contributed by atoms with Crippen LogP contribution < -0.4 is 14.8 Å². The highest BCUT2D eigenvalue weighted by Crippen LogP contribution is 2.36. The van der Waals surface area contributed by atoms with Crippen molar-refractivity contribution in [3.63, 3.8) is 0 Å². The summed E-state index contributed by atoms with van der Waals surface area (Å²) in [5.74, 6) is 1.34. The monoisotopic (exact) mass is 297 g/mol. The summed E-state index contributed by atoms with van der Waals surface area (Å²) in [5, 5.41) is 3.88. The molecule has 102 valence electrons. The number of aryl methyl sites for hydroxylation is 1. The zero-order chi connectivity index (χ0) is 13.8. The molecule has 1 N–H and O–H groups in total. The molecule has 0 radical (unpaired) electrons. The Balaban J connectivity index is 2.18.